The number of nitrogens with one attached hydrogen (secondary N) is 3. The number of hydrogen-bond donors (Lipinski definition) is 3. The van der Waals surface area contributed by atoms with E-state index in [1.54, 1.807) is 7.05 Å². The van der Waals surface area contributed by atoms with Crippen LogP contribution >= 0.6 is 22.6 Å². The third-order valence-corrected chi connectivity index (χ3v) is 6.21. The number of amides is 3. The first kappa shape index (κ1) is 33.3. The lowest BCUT2D eigenvalue weighted by atomic mass is 10.1. The Hall–Kier alpha value is -1.76. The van der Waals surface area contributed by atoms with Crippen LogP contribution in [-0.2, 0) is 35.0 Å². The van der Waals surface area contributed by atoms with Crippen LogP contribution < -0.4 is 16.0 Å². The summed E-state index contributed by atoms with van der Waals surface area (Å²) >= 11 is 2.28. The first-order valence-corrected chi connectivity index (χ1v) is 14.3. The summed E-state index contributed by atoms with van der Waals surface area (Å²) in [6.07, 6.45) is 5.28. The third-order valence-electron chi connectivity index (χ3n) is 5.49. The molecule has 0 saturated carbocycles. The van der Waals surface area contributed by atoms with E-state index in [1.165, 1.54) is 9.13 Å². The van der Waals surface area contributed by atoms with Crippen molar-refractivity contribution in [2.75, 3.05) is 53.2 Å². The fraction of sp³-hybridized carbons (Fsp3) is 0.667. The Labute approximate surface area is 235 Å². The number of hydrogen-bond acceptors (Lipinski definition) is 6. The van der Waals surface area contributed by atoms with Crippen LogP contribution in [0.3, 0.4) is 0 Å². The summed E-state index contributed by atoms with van der Waals surface area (Å²) in [6, 6.07) is 7.73. The van der Waals surface area contributed by atoms with Crippen LogP contribution in [0.4, 0.5) is 0 Å². The van der Waals surface area contributed by atoms with Crippen molar-refractivity contribution in [3.05, 3.63) is 33.4 Å². The summed E-state index contributed by atoms with van der Waals surface area (Å²) in [6.45, 7) is 5.54. The zero-order valence-corrected chi connectivity index (χ0v) is 24.5. The van der Waals surface area contributed by atoms with E-state index in [0.29, 0.717) is 52.2 Å². The molecule has 0 heterocycles. The molecule has 37 heavy (non-hydrogen) atoms. The molecule has 0 aliphatic carbocycles. The number of carbonyl (C=O) groups excluding carboxylic acids is 3. The van der Waals surface area contributed by atoms with Crippen LogP contribution in [0, 0.1) is 3.57 Å². The van der Waals surface area contributed by atoms with Crippen LogP contribution in [0.5, 0.6) is 0 Å². The Morgan fingerprint density at radius 2 is 1.49 bits per heavy atom. The van der Waals surface area contributed by atoms with Gasteiger partial charge < -0.3 is 30.2 Å². The van der Waals surface area contributed by atoms with Gasteiger partial charge in [-0.25, -0.2) is 0 Å². The highest BCUT2D eigenvalue weighted by Crippen LogP contribution is 2.09. The Morgan fingerprint density at radius 1 is 0.838 bits per heavy atom. The lowest BCUT2D eigenvalue weighted by Gasteiger charge is -2.17. The molecule has 210 valence electrons. The first-order valence-electron chi connectivity index (χ1n) is 13.2. The maximum atomic E-state index is 12.2. The average Bonchev–Trinajstić information content (AvgIpc) is 2.89. The maximum absolute atomic E-state index is 12.2. The monoisotopic (exact) mass is 633 g/mol. The minimum Gasteiger partial charge on any atom is -0.379 e. The molecule has 10 heteroatoms. The summed E-state index contributed by atoms with van der Waals surface area (Å²) in [5, 5.41) is 8.31. The maximum Gasteiger partial charge on any atom is 0.242 e. The second kappa shape index (κ2) is 22.2. The Balaban J connectivity index is 2.11. The van der Waals surface area contributed by atoms with Gasteiger partial charge in [-0.1, -0.05) is 19.1 Å². The molecule has 1 aromatic carbocycles. The van der Waals surface area contributed by atoms with Gasteiger partial charge in [-0.15, -0.1) is 0 Å². The number of likely N-dealkylation sites (N-methyl/N-ethyl adjacent to an activating group) is 1. The molecule has 0 aliphatic heterocycles. The molecule has 0 fully saturated rings. The van der Waals surface area contributed by atoms with Gasteiger partial charge in [-0.05, 0) is 78.8 Å². The molecule has 0 unspecified atom stereocenters. The SMILES string of the molecule is CCCOCCOCCOCCC(=O)N[C@@H](CCCCNC(=O)CCCc1ccc(I)cc1)C(=O)NC. The van der Waals surface area contributed by atoms with E-state index in [0.717, 1.165) is 32.3 Å². The summed E-state index contributed by atoms with van der Waals surface area (Å²) in [5.41, 5.74) is 1.24. The molecule has 0 spiro atoms. The molecule has 1 rings (SSSR count). The minimum absolute atomic E-state index is 0.0388. The number of carbonyl (C=O) groups is 3. The van der Waals surface area contributed by atoms with E-state index >= 15 is 0 Å². The molecule has 9 nitrogen and oxygen atoms in total. The second-order valence-electron chi connectivity index (χ2n) is 8.65. The van der Waals surface area contributed by atoms with E-state index in [2.05, 4.69) is 69.7 Å². The van der Waals surface area contributed by atoms with Crippen molar-refractivity contribution in [2.24, 2.45) is 0 Å². The highest BCUT2D eigenvalue weighted by Gasteiger charge is 2.19. The topological polar surface area (TPSA) is 115 Å². The van der Waals surface area contributed by atoms with Gasteiger partial charge in [0.25, 0.3) is 0 Å². The van der Waals surface area contributed by atoms with Gasteiger partial charge in [0.05, 0.1) is 33.0 Å². The average molecular weight is 634 g/mol. The fourth-order valence-corrected chi connectivity index (χ4v) is 3.81. The van der Waals surface area contributed by atoms with Gasteiger partial charge in [0, 0.05) is 36.6 Å². The summed E-state index contributed by atoms with van der Waals surface area (Å²) in [4.78, 5) is 36.5. The summed E-state index contributed by atoms with van der Waals surface area (Å²) in [7, 11) is 1.55. The van der Waals surface area contributed by atoms with Crippen molar-refractivity contribution in [1.29, 1.82) is 0 Å². The van der Waals surface area contributed by atoms with Gasteiger partial charge in [0.2, 0.25) is 17.7 Å². The molecule has 1 atom stereocenters. The van der Waals surface area contributed by atoms with Gasteiger partial charge in [0.1, 0.15) is 6.04 Å². The summed E-state index contributed by atoms with van der Waals surface area (Å²) < 4.78 is 17.3. The molecule has 0 aliphatic rings. The third kappa shape index (κ3) is 18.2. The van der Waals surface area contributed by atoms with Crippen molar-refractivity contribution < 1.29 is 28.6 Å². The number of unbranched alkanes of at least 4 members (excludes halogenated alkanes) is 1. The van der Waals surface area contributed by atoms with Crippen molar-refractivity contribution in [2.45, 2.75) is 64.3 Å². The zero-order valence-electron chi connectivity index (χ0n) is 22.3. The molecule has 0 bridgehead atoms. The molecular formula is C27H44IN3O6. The normalized spacial score (nSPS) is 11.6. The van der Waals surface area contributed by atoms with Crippen LogP contribution in [0.25, 0.3) is 0 Å². The van der Waals surface area contributed by atoms with Crippen LogP contribution in [-0.4, -0.2) is 77.0 Å². The van der Waals surface area contributed by atoms with Crippen molar-refractivity contribution >= 4 is 40.3 Å². The number of halogens is 1. The van der Waals surface area contributed by atoms with Crippen molar-refractivity contribution in [1.82, 2.24) is 16.0 Å². The van der Waals surface area contributed by atoms with Gasteiger partial charge in [-0.3, -0.25) is 14.4 Å². The smallest absolute Gasteiger partial charge is 0.242 e. The lowest BCUT2D eigenvalue weighted by molar-refractivity contribution is -0.129. The predicted octanol–water partition coefficient (Wildman–Crippen LogP) is 2.98. The number of ether oxygens (including phenoxy) is 3. The number of rotatable bonds is 22. The molecule has 0 saturated heterocycles. The van der Waals surface area contributed by atoms with E-state index in [-0.39, 0.29) is 30.7 Å². The Kier molecular flexibility index (Phi) is 20.0. The van der Waals surface area contributed by atoms with Crippen LogP contribution in [0.15, 0.2) is 24.3 Å². The van der Waals surface area contributed by atoms with Crippen molar-refractivity contribution in [3.63, 3.8) is 0 Å². The van der Waals surface area contributed by atoms with Crippen molar-refractivity contribution in [3.8, 4) is 0 Å². The van der Waals surface area contributed by atoms with Crippen LogP contribution in [0.2, 0.25) is 0 Å². The van der Waals surface area contributed by atoms with E-state index in [4.69, 9.17) is 14.2 Å². The molecule has 3 N–H and O–H groups in total. The van der Waals surface area contributed by atoms with Crippen LogP contribution in [0.1, 0.15) is 57.4 Å². The molecule has 3 amide bonds. The minimum atomic E-state index is -0.603. The Bertz CT molecular complexity index is 763. The number of benzene rings is 1. The highest BCUT2D eigenvalue weighted by molar-refractivity contribution is 14.1. The molecule has 0 radical (unpaired) electrons. The highest BCUT2D eigenvalue weighted by atomic mass is 127. The molecular weight excluding hydrogens is 589 g/mol. The quantitative estimate of drug-likeness (QED) is 0.134. The Morgan fingerprint density at radius 3 is 2.14 bits per heavy atom. The van der Waals surface area contributed by atoms with Gasteiger partial charge >= 0.3 is 0 Å². The molecule has 0 aromatic heterocycles. The largest absolute Gasteiger partial charge is 0.379 e. The standard InChI is InChI=1S/C27H44IN3O6/c1-3-16-35-18-20-37-21-19-36-17-14-26(33)31-24(27(34)29-2)8-4-5-15-30-25(32)9-6-7-22-10-12-23(28)13-11-22/h10-13,24H,3-9,14-21H2,1-2H3,(H,29,34)(H,30,32)(H,31,33)/t24-/m0/s1. The first-order chi connectivity index (χ1) is 18.0. The van der Waals surface area contributed by atoms with Gasteiger partial charge in [-0.2, -0.15) is 0 Å². The number of aryl methyl sites for hydroxylation is 1. The second-order valence-corrected chi connectivity index (χ2v) is 9.89. The predicted molar refractivity (Wildman–Crippen MR) is 152 cm³/mol. The fourth-order valence-electron chi connectivity index (χ4n) is 3.45. The van der Waals surface area contributed by atoms with E-state index in [1.807, 2.05) is 0 Å². The summed E-state index contributed by atoms with van der Waals surface area (Å²) in [5.74, 6) is -0.423. The van der Waals surface area contributed by atoms with Gasteiger partial charge in [0.15, 0.2) is 0 Å². The molecule has 1 aromatic rings. The van der Waals surface area contributed by atoms with E-state index < -0.39 is 6.04 Å². The zero-order chi connectivity index (χ0) is 27.1. The van der Waals surface area contributed by atoms with E-state index in [9.17, 15) is 14.4 Å². The lowest BCUT2D eigenvalue weighted by Crippen LogP contribution is -2.46.